The summed E-state index contributed by atoms with van der Waals surface area (Å²) in [5.41, 5.74) is 5.53. The Morgan fingerprint density at radius 3 is 2.53 bits per heavy atom. The molecule has 4 rings (SSSR count). The van der Waals surface area contributed by atoms with Crippen LogP contribution in [0.25, 0.3) is 6.08 Å². The van der Waals surface area contributed by atoms with Crippen molar-refractivity contribution in [2.24, 2.45) is 17.8 Å². The summed E-state index contributed by atoms with van der Waals surface area (Å²) < 4.78 is 0. The first-order valence-corrected chi connectivity index (χ1v) is 14.4. The van der Waals surface area contributed by atoms with Gasteiger partial charge >= 0.3 is 0 Å². The van der Waals surface area contributed by atoms with E-state index in [2.05, 4.69) is 13.0 Å². The summed E-state index contributed by atoms with van der Waals surface area (Å²) in [6, 6.07) is 7.71. The molecule has 0 spiro atoms. The van der Waals surface area contributed by atoms with E-state index in [1.165, 1.54) is 16.2 Å². The first kappa shape index (κ1) is 28.3. The van der Waals surface area contributed by atoms with Gasteiger partial charge < -0.3 is 15.3 Å². The zero-order valence-corrected chi connectivity index (χ0v) is 23.6. The lowest BCUT2D eigenvalue weighted by atomic mass is 9.67. The molecule has 2 aromatic rings. The highest BCUT2D eigenvalue weighted by atomic mass is 32.1. The Bertz CT molecular complexity index is 1220. The Morgan fingerprint density at radius 2 is 1.92 bits per heavy atom. The molecule has 204 valence electrons. The van der Waals surface area contributed by atoms with Gasteiger partial charge in [-0.15, -0.1) is 11.3 Å². The largest absolute Gasteiger partial charge is 0.507 e. The number of benzene rings is 1. The van der Waals surface area contributed by atoms with E-state index in [9.17, 15) is 24.9 Å². The number of thiophene rings is 1. The molecule has 2 heterocycles. The number of aliphatic hydroxyl groups excluding tert-OH is 2. The molecule has 1 aliphatic carbocycles. The fraction of sp³-hybridized carbons (Fsp3) is 0.484. The summed E-state index contributed by atoms with van der Waals surface area (Å²) in [5, 5.41) is 33.9. The number of amides is 2. The Balaban J connectivity index is 1.54. The van der Waals surface area contributed by atoms with Gasteiger partial charge in [0.2, 0.25) is 11.8 Å². The summed E-state index contributed by atoms with van der Waals surface area (Å²) in [5.74, 6) is -1.74. The quantitative estimate of drug-likeness (QED) is 0.274. The number of likely N-dealkylation sites (tertiary alicyclic amines) is 1. The zero-order chi connectivity index (χ0) is 27.6. The molecular formula is C31H39NO5S. The second-order valence-electron chi connectivity index (χ2n) is 10.8. The van der Waals surface area contributed by atoms with Crippen LogP contribution in [0, 0.1) is 31.6 Å². The summed E-state index contributed by atoms with van der Waals surface area (Å²) in [6.07, 6.45) is 4.45. The van der Waals surface area contributed by atoms with E-state index in [1.807, 2.05) is 50.4 Å². The van der Waals surface area contributed by atoms with Crippen LogP contribution in [0.5, 0.6) is 5.75 Å². The Labute approximate surface area is 229 Å². The van der Waals surface area contributed by atoms with Gasteiger partial charge in [-0.3, -0.25) is 14.5 Å². The molecule has 2 amide bonds. The average Bonchev–Trinajstić information content (AvgIpc) is 3.48. The highest BCUT2D eigenvalue weighted by Gasteiger charge is 2.54. The van der Waals surface area contributed by atoms with Crippen LogP contribution in [-0.2, 0) is 16.1 Å². The third-order valence-electron chi connectivity index (χ3n) is 8.02. The first-order chi connectivity index (χ1) is 18.2. The van der Waals surface area contributed by atoms with Crippen LogP contribution < -0.4 is 0 Å². The zero-order valence-electron chi connectivity index (χ0n) is 22.7. The fourth-order valence-electron chi connectivity index (χ4n) is 6.23. The van der Waals surface area contributed by atoms with Gasteiger partial charge in [-0.1, -0.05) is 36.6 Å². The van der Waals surface area contributed by atoms with Crippen molar-refractivity contribution in [3.63, 3.8) is 0 Å². The average molecular weight is 538 g/mol. The number of rotatable bonds is 10. The molecule has 0 radical (unpaired) electrons. The van der Waals surface area contributed by atoms with E-state index >= 15 is 0 Å². The molecule has 1 saturated heterocycles. The normalized spacial score (nSPS) is 22.8. The number of aromatic hydroxyl groups is 1. The maximum Gasteiger partial charge on any atom is 0.234 e. The van der Waals surface area contributed by atoms with Crippen molar-refractivity contribution in [2.45, 2.75) is 72.4 Å². The van der Waals surface area contributed by atoms with Crippen LogP contribution in [0.2, 0.25) is 0 Å². The number of carbonyl (C=O) groups excluding carboxylic acids is 2. The Hall–Kier alpha value is -2.74. The monoisotopic (exact) mass is 537 g/mol. The second-order valence-corrected chi connectivity index (χ2v) is 11.9. The Kier molecular flexibility index (Phi) is 8.91. The highest BCUT2D eigenvalue weighted by molar-refractivity contribution is 7.09. The Morgan fingerprint density at radius 1 is 1.21 bits per heavy atom. The number of hydrogen-bond donors (Lipinski definition) is 3. The maximum absolute atomic E-state index is 13.5. The molecule has 4 atom stereocenters. The molecule has 1 aromatic heterocycles. The molecule has 1 fully saturated rings. The van der Waals surface area contributed by atoms with E-state index in [0.717, 1.165) is 51.1 Å². The van der Waals surface area contributed by atoms with Gasteiger partial charge in [0.15, 0.2) is 0 Å². The van der Waals surface area contributed by atoms with Gasteiger partial charge in [0, 0.05) is 10.8 Å². The van der Waals surface area contributed by atoms with Crippen molar-refractivity contribution in [1.82, 2.24) is 4.90 Å². The molecule has 1 aromatic carbocycles. The third kappa shape index (κ3) is 5.65. The number of hydrogen-bond acceptors (Lipinski definition) is 6. The van der Waals surface area contributed by atoms with Crippen LogP contribution in [-0.4, -0.2) is 44.7 Å². The summed E-state index contributed by atoms with van der Waals surface area (Å²) in [4.78, 5) is 29.1. The molecule has 0 unspecified atom stereocenters. The lowest BCUT2D eigenvalue weighted by molar-refractivity contribution is -0.140. The van der Waals surface area contributed by atoms with Crippen LogP contribution in [0.1, 0.15) is 67.5 Å². The number of phenolic OH excluding ortho intramolecular Hbond substituents is 1. The molecule has 7 heteroatoms. The SMILES string of the molecule is CCCC1=C([C@H](O)CC/C(C)=C/c2cc(C)c(O)c(C)c2)[C@H](CO)[C@@H]2C(=O)N(Cc3cccs3)C(=O)[C@@H]2C1. The summed E-state index contributed by atoms with van der Waals surface area (Å²) in [7, 11) is 0. The van der Waals surface area contributed by atoms with E-state index in [-0.39, 0.29) is 25.0 Å². The van der Waals surface area contributed by atoms with Crippen molar-refractivity contribution >= 4 is 29.2 Å². The minimum atomic E-state index is -0.796. The maximum atomic E-state index is 13.5. The highest BCUT2D eigenvalue weighted by Crippen LogP contribution is 2.47. The summed E-state index contributed by atoms with van der Waals surface area (Å²) in [6.45, 7) is 7.84. The number of aliphatic hydroxyl groups is 2. The predicted molar refractivity (Wildman–Crippen MR) is 150 cm³/mol. The van der Waals surface area contributed by atoms with Crippen LogP contribution in [0.15, 0.2) is 46.4 Å². The second kappa shape index (κ2) is 12.0. The van der Waals surface area contributed by atoms with E-state index in [0.29, 0.717) is 25.0 Å². The molecule has 1 aliphatic heterocycles. The third-order valence-corrected chi connectivity index (χ3v) is 8.88. The molecule has 6 nitrogen and oxygen atoms in total. The van der Waals surface area contributed by atoms with E-state index < -0.39 is 23.9 Å². The summed E-state index contributed by atoms with van der Waals surface area (Å²) >= 11 is 1.52. The van der Waals surface area contributed by atoms with Crippen molar-refractivity contribution in [2.75, 3.05) is 6.61 Å². The van der Waals surface area contributed by atoms with Gasteiger partial charge in [-0.05, 0) is 92.3 Å². The minimum Gasteiger partial charge on any atom is -0.507 e. The number of phenols is 1. The van der Waals surface area contributed by atoms with E-state index in [1.54, 1.807) is 0 Å². The number of carbonyl (C=O) groups is 2. The van der Waals surface area contributed by atoms with Gasteiger partial charge in [0.05, 0.1) is 31.1 Å². The molecule has 3 N–H and O–H groups in total. The van der Waals surface area contributed by atoms with Crippen molar-refractivity contribution in [3.8, 4) is 5.75 Å². The van der Waals surface area contributed by atoms with Gasteiger partial charge in [0.25, 0.3) is 0 Å². The molecule has 0 saturated carbocycles. The standard InChI is InChI=1S/C31H39NO5S/c1-5-7-22-15-24-28(31(37)32(30(24)36)16-23-8-6-11-38-23)25(17-33)27(22)26(34)10-9-18(2)12-21-13-19(3)29(35)20(4)14-21/h6,8,11-14,24-26,28,33-35H,5,7,9-10,15-17H2,1-4H3/b18-12+/t24-,25+,26-,28-/m1/s1. The van der Waals surface area contributed by atoms with Crippen LogP contribution in [0.4, 0.5) is 0 Å². The smallest absolute Gasteiger partial charge is 0.234 e. The van der Waals surface area contributed by atoms with Crippen molar-refractivity contribution in [3.05, 3.63) is 67.9 Å². The number of nitrogens with zero attached hydrogens (tertiary/aromatic N) is 1. The number of allylic oxidation sites excluding steroid dienone is 2. The van der Waals surface area contributed by atoms with Gasteiger partial charge in [-0.25, -0.2) is 0 Å². The van der Waals surface area contributed by atoms with Crippen LogP contribution in [0.3, 0.4) is 0 Å². The van der Waals surface area contributed by atoms with E-state index in [4.69, 9.17) is 0 Å². The first-order valence-electron chi connectivity index (χ1n) is 13.5. The minimum absolute atomic E-state index is 0.160. The van der Waals surface area contributed by atoms with Gasteiger partial charge in [-0.2, -0.15) is 0 Å². The van der Waals surface area contributed by atoms with Crippen LogP contribution >= 0.6 is 11.3 Å². The number of fused-ring (bicyclic) bond motifs is 1. The lowest BCUT2D eigenvalue weighted by Gasteiger charge is -2.36. The molecule has 38 heavy (non-hydrogen) atoms. The van der Waals surface area contributed by atoms with Crippen molar-refractivity contribution < 1.29 is 24.9 Å². The molecular weight excluding hydrogens is 498 g/mol. The lowest BCUT2D eigenvalue weighted by Crippen LogP contribution is -2.39. The topological polar surface area (TPSA) is 98.1 Å². The van der Waals surface area contributed by atoms with Gasteiger partial charge in [0.1, 0.15) is 5.75 Å². The molecule has 2 aliphatic rings. The number of imide groups is 1. The fourth-order valence-corrected chi connectivity index (χ4v) is 6.92. The predicted octanol–water partition coefficient (Wildman–Crippen LogP) is 5.53. The van der Waals surface area contributed by atoms with Crippen molar-refractivity contribution in [1.29, 1.82) is 0 Å². The number of aryl methyl sites for hydroxylation is 2. The molecule has 0 bridgehead atoms.